The molecule has 0 spiro atoms. The average Bonchev–Trinajstić information content (AvgIpc) is 3.08. The van der Waals surface area contributed by atoms with Gasteiger partial charge in [0, 0.05) is 16.8 Å². The molecule has 0 saturated carbocycles. The molecule has 4 aromatic rings. The second-order valence-corrected chi connectivity index (χ2v) is 9.73. The number of pyridine rings is 1. The van der Waals surface area contributed by atoms with Gasteiger partial charge in [-0.15, -0.1) is 0 Å². The van der Waals surface area contributed by atoms with Gasteiger partial charge in [-0.1, -0.05) is 24.3 Å². The van der Waals surface area contributed by atoms with Gasteiger partial charge in [0.05, 0.1) is 23.9 Å². The number of hydrogen-bond donors (Lipinski definition) is 0. The second kappa shape index (κ2) is 9.02. The number of nitrogens with zero attached hydrogens (tertiary/aromatic N) is 2. The molecule has 0 N–H and O–H groups in total. The maximum Gasteiger partial charge on any atom is 0.419 e. The summed E-state index contributed by atoms with van der Waals surface area (Å²) in [6, 6.07) is 17.2. The number of rotatable bonds is 3. The lowest BCUT2D eigenvalue weighted by Crippen LogP contribution is -2.27. The predicted molar refractivity (Wildman–Crippen MR) is 138 cm³/mol. The quantitative estimate of drug-likeness (QED) is 0.306. The molecule has 0 unspecified atom stereocenters. The number of benzene rings is 2. The Balaban J connectivity index is 2.00. The van der Waals surface area contributed by atoms with Crippen LogP contribution in [-0.2, 0) is 9.47 Å². The minimum atomic E-state index is -0.677. The standard InChI is InChI=1S/C29H30N2O4/c1-17-13-23(14-18(2)30-17)20-11-12-24-19(3)26(21-9-8-10-22(15-21)27(32)34-7)31(25(24)16-20)28(33)35-29(4,5)6/h8-16H,1-7H3. The van der Waals surface area contributed by atoms with Gasteiger partial charge in [-0.05, 0) is 94.1 Å². The van der Waals surface area contributed by atoms with Crippen LogP contribution in [0.2, 0.25) is 0 Å². The number of aromatic nitrogens is 2. The van der Waals surface area contributed by atoms with E-state index in [1.165, 1.54) is 7.11 Å². The number of aryl methyl sites for hydroxylation is 3. The molecule has 6 heteroatoms. The molecule has 0 aliphatic rings. The van der Waals surface area contributed by atoms with Crippen LogP contribution < -0.4 is 0 Å². The van der Waals surface area contributed by atoms with Crippen molar-refractivity contribution in [2.75, 3.05) is 7.11 Å². The lowest BCUT2D eigenvalue weighted by atomic mass is 10.0. The van der Waals surface area contributed by atoms with Crippen molar-refractivity contribution in [2.24, 2.45) is 0 Å². The molecule has 0 fully saturated rings. The summed E-state index contributed by atoms with van der Waals surface area (Å²) in [6.45, 7) is 11.4. The lowest BCUT2D eigenvalue weighted by Gasteiger charge is -2.21. The van der Waals surface area contributed by atoms with Gasteiger partial charge in [0.2, 0.25) is 0 Å². The van der Waals surface area contributed by atoms with Crippen molar-refractivity contribution >= 4 is 23.0 Å². The number of carbonyl (C=O) groups is 2. The van der Waals surface area contributed by atoms with E-state index < -0.39 is 17.7 Å². The van der Waals surface area contributed by atoms with Crippen LogP contribution in [0.3, 0.4) is 0 Å². The van der Waals surface area contributed by atoms with Crippen molar-refractivity contribution in [3.63, 3.8) is 0 Å². The molecule has 0 atom stereocenters. The normalized spacial score (nSPS) is 11.5. The van der Waals surface area contributed by atoms with Crippen LogP contribution in [-0.4, -0.2) is 34.3 Å². The average molecular weight is 471 g/mol. The Labute approximate surface area is 205 Å². The maximum atomic E-state index is 13.6. The molecule has 35 heavy (non-hydrogen) atoms. The van der Waals surface area contributed by atoms with Crippen molar-refractivity contribution in [3.05, 3.63) is 77.1 Å². The molecule has 0 saturated heterocycles. The summed E-state index contributed by atoms with van der Waals surface area (Å²) in [6.07, 6.45) is -0.478. The first-order chi connectivity index (χ1) is 16.5. The van der Waals surface area contributed by atoms with Crippen LogP contribution >= 0.6 is 0 Å². The van der Waals surface area contributed by atoms with Crippen LogP contribution in [0.15, 0.2) is 54.6 Å². The Morgan fingerprint density at radius 2 is 1.54 bits per heavy atom. The fourth-order valence-electron chi connectivity index (χ4n) is 4.38. The summed E-state index contributed by atoms with van der Waals surface area (Å²) >= 11 is 0. The first kappa shape index (κ1) is 24.2. The smallest absolute Gasteiger partial charge is 0.419 e. The van der Waals surface area contributed by atoms with E-state index in [2.05, 4.69) is 11.1 Å². The summed E-state index contributed by atoms with van der Waals surface area (Å²) in [5, 5.41) is 0.931. The van der Waals surface area contributed by atoms with Crippen molar-refractivity contribution < 1.29 is 19.1 Å². The molecule has 2 aromatic heterocycles. The number of carbonyl (C=O) groups excluding carboxylic acids is 2. The van der Waals surface area contributed by atoms with Crippen LogP contribution in [0.5, 0.6) is 0 Å². The van der Waals surface area contributed by atoms with E-state index in [0.29, 0.717) is 11.3 Å². The van der Waals surface area contributed by atoms with Crippen LogP contribution in [0.4, 0.5) is 4.79 Å². The molecule has 0 amide bonds. The minimum Gasteiger partial charge on any atom is -0.465 e. The Morgan fingerprint density at radius 3 is 2.17 bits per heavy atom. The highest BCUT2D eigenvalue weighted by Gasteiger charge is 2.26. The van der Waals surface area contributed by atoms with Crippen LogP contribution in [0.1, 0.15) is 48.1 Å². The van der Waals surface area contributed by atoms with E-state index in [-0.39, 0.29) is 0 Å². The van der Waals surface area contributed by atoms with Crippen LogP contribution in [0.25, 0.3) is 33.3 Å². The van der Waals surface area contributed by atoms with Crippen molar-refractivity contribution in [3.8, 4) is 22.4 Å². The molecule has 180 valence electrons. The molecule has 0 radical (unpaired) electrons. The predicted octanol–water partition coefficient (Wildman–Crippen LogP) is 6.87. The van der Waals surface area contributed by atoms with E-state index in [9.17, 15) is 9.59 Å². The van der Waals surface area contributed by atoms with E-state index in [1.54, 1.807) is 22.8 Å². The van der Waals surface area contributed by atoms with E-state index >= 15 is 0 Å². The first-order valence-corrected chi connectivity index (χ1v) is 11.5. The Hall–Kier alpha value is -3.93. The van der Waals surface area contributed by atoms with E-state index in [1.807, 2.05) is 71.9 Å². The molecule has 6 nitrogen and oxygen atoms in total. The van der Waals surface area contributed by atoms with Crippen molar-refractivity contribution in [1.29, 1.82) is 0 Å². The molecular formula is C29H30N2O4. The topological polar surface area (TPSA) is 70.4 Å². The fraction of sp³-hybridized carbons (Fsp3) is 0.276. The number of esters is 1. The molecule has 2 heterocycles. The van der Waals surface area contributed by atoms with Gasteiger partial charge < -0.3 is 9.47 Å². The monoisotopic (exact) mass is 470 g/mol. The van der Waals surface area contributed by atoms with Gasteiger partial charge in [0.15, 0.2) is 0 Å². The third kappa shape index (κ3) is 4.83. The fourth-order valence-corrected chi connectivity index (χ4v) is 4.38. The van der Waals surface area contributed by atoms with Crippen molar-refractivity contribution in [2.45, 2.75) is 47.1 Å². The van der Waals surface area contributed by atoms with Crippen molar-refractivity contribution in [1.82, 2.24) is 9.55 Å². The number of hydrogen-bond acceptors (Lipinski definition) is 5. The third-order valence-corrected chi connectivity index (χ3v) is 5.77. The van der Waals surface area contributed by atoms with Gasteiger partial charge in [-0.3, -0.25) is 4.98 Å². The molecule has 0 aliphatic carbocycles. The van der Waals surface area contributed by atoms with E-state index in [0.717, 1.165) is 44.5 Å². The largest absolute Gasteiger partial charge is 0.465 e. The molecule has 0 bridgehead atoms. The van der Waals surface area contributed by atoms with Gasteiger partial charge >= 0.3 is 12.1 Å². The zero-order valence-electron chi connectivity index (χ0n) is 21.2. The van der Waals surface area contributed by atoms with Crippen LogP contribution in [0, 0.1) is 20.8 Å². The maximum absolute atomic E-state index is 13.6. The Bertz CT molecular complexity index is 1440. The zero-order chi connectivity index (χ0) is 25.5. The summed E-state index contributed by atoms with van der Waals surface area (Å²) in [7, 11) is 1.35. The van der Waals surface area contributed by atoms with Gasteiger partial charge in [-0.2, -0.15) is 0 Å². The molecule has 0 aliphatic heterocycles. The highest BCUT2D eigenvalue weighted by Crippen LogP contribution is 2.37. The number of methoxy groups -OCH3 is 1. The highest BCUT2D eigenvalue weighted by molar-refractivity contribution is 6.01. The SMILES string of the molecule is COC(=O)c1cccc(-c2c(C)c3ccc(-c4cc(C)nc(C)c4)cc3n2C(=O)OC(C)(C)C)c1. The van der Waals surface area contributed by atoms with E-state index in [4.69, 9.17) is 9.47 Å². The molecular weight excluding hydrogens is 440 g/mol. The number of ether oxygens (including phenoxy) is 2. The summed E-state index contributed by atoms with van der Waals surface area (Å²) in [5.41, 5.74) is 6.66. The minimum absolute atomic E-state index is 0.411. The Morgan fingerprint density at radius 1 is 0.857 bits per heavy atom. The first-order valence-electron chi connectivity index (χ1n) is 11.5. The Kier molecular flexibility index (Phi) is 6.24. The number of fused-ring (bicyclic) bond motifs is 1. The summed E-state index contributed by atoms with van der Waals surface area (Å²) in [4.78, 5) is 30.2. The third-order valence-electron chi connectivity index (χ3n) is 5.77. The summed E-state index contributed by atoms with van der Waals surface area (Å²) in [5.74, 6) is -0.435. The highest BCUT2D eigenvalue weighted by atomic mass is 16.6. The molecule has 4 rings (SSSR count). The zero-order valence-corrected chi connectivity index (χ0v) is 21.2. The lowest BCUT2D eigenvalue weighted by molar-refractivity contribution is 0.0545. The van der Waals surface area contributed by atoms with Gasteiger partial charge in [0.25, 0.3) is 0 Å². The summed E-state index contributed by atoms with van der Waals surface area (Å²) < 4.78 is 12.3. The van der Waals surface area contributed by atoms with Gasteiger partial charge in [0.1, 0.15) is 5.60 Å². The van der Waals surface area contributed by atoms with Gasteiger partial charge in [-0.25, -0.2) is 14.2 Å². The second-order valence-electron chi connectivity index (χ2n) is 9.73. The molecule has 2 aromatic carbocycles.